The van der Waals surface area contributed by atoms with Crippen LogP contribution < -0.4 is 14.8 Å². The van der Waals surface area contributed by atoms with Crippen LogP contribution >= 0.6 is 23.2 Å². The maximum Gasteiger partial charge on any atom is 0.297 e. The summed E-state index contributed by atoms with van der Waals surface area (Å²) in [6, 6.07) is 57.0. The topological polar surface area (TPSA) is 190 Å². The molecule has 21 heteroatoms. The van der Waals surface area contributed by atoms with E-state index in [4.69, 9.17) is 41.6 Å². The quantitative estimate of drug-likeness (QED) is 0.0630. The number of ether oxygens (including phenoxy) is 3. The number of halogens is 2. The Kier molecular flexibility index (Phi) is 21.7. The van der Waals surface area contributed by atoms with Gasteiger partial charge in [0.05, 0.1) is 38.8 Å². The van der Waals surface area contributed by atoms with Crippen LogP contribution in [0.2, 0.25) is 10.0 Å². The number of sulfone groups is 2. The van der Waals surface area contributed by atoms with Crippen molar-refractivity contribution in [2.45, 2.75) is 83.3 Å². The molecule has 1 N–H and O–H groups in total. The molecule has 3 fully saturated rings. The minimum Gasteiger partial charge on any atom is -0.492 e. The largest absolute Gasteiger partial charge is 0.492 e. The minimum absolute atomic E-state index is 0.0240. The standard InChI is InChI=1S/C33H27ClN2O6S2.C30H28ClN3O3S.C4H9N.C4H8O/c1-23-12-15-28(16-13-23)44(39,40)42-19-18-41-27-14-17-31-30(21-27)33(35-36(31)22-24-6-4-9-26(34)20-24)43(37,38)32-11-5-8-25-7-2-3-10-29(25)32;31-24-10-5-7-22(19-24)21-34-28-14-13-25(37-18-17-33-15-3-4-16-33)20-27(28)30(32-34)38(35,36)29-12-6-9-23-8-1-2-11-26(23)29;2*1-2-4-5-3-1/h2-17,20-21H,18-19,22H2,1H3;1-2,5-14,19-20H,3-4,15-18,21H2;5H,1-4H2;1-4H2. The monoisotopic (exact) mass is 1330 g/mol. The van der Waals surface area contributed by atoms with Crippen molar-refractivity contribution in [3.05, 3.63) is 221 Å². The van der Waals surface area contributed by atoms with Crippen LogP contribution in [0.5, 0.6) is 11.5 Å². The summed E-state index contributed by atoms with van der Waals surface area (Å²) >= 11 is 12.4. The normalized spacial score (nSPS) is 14.4. The summed E-state index contributed by atoms with van der Waals surface area (Å²) < 4.78 is 107. The van der Waals surface area contributed by atoms with E-state index in [-0.39, 0.29) is 44.5 Å². The average Bonchev–Trinajstić information content (AvgIpc) is 1.49. The molecule has 0 amide bonds. The highest BCUT2D eigenvalue weighted by Crippen LogP contribution is 2.37. The first kappa shape index (κ1) is 65.8. The number of rotatable bonds is 18. The van der Waals surface area contributed by atoms with E-state index in [0.717, 1.165) is 65.8 Å². The number of nitrogens with one attached hydrogen (secondary N) is 1. The van der Waals surface area contributed by atoms with Gasteiger partial charge in [0.25, 0.3) is 10.1 Å². The first-order chi connectivity index (χ1) is 44.6. The van der Waals surface area contributed by atoms with Crippen molar-refractivity contribution in [2.75, 3.05) is 65.8 Å². The van der Waals surface area contributed by atoms with Gasteiger partial charge in [-0.05, 0) is 178 Å². The Morgan fingerprint density at radius 2 is 0.967 bits per heavy atom. The number of aryl methyl sites for hydroxylation is 1. The summed E-state index contributed by atoms with van der Waals surface area (Å²) in [5.74, 6) is 0.971. The van der Waals surface area contributed by atoms with E-state index in [2.05, 4.69) is 20.4 Å². The summed E-state index contributed by atoms with van der Waals surface area (Å²) in [6.45, 7) is 10.3. The maximum absolute atomic E-state index is 14.2. The Morgan fingerprint density at radius 3 is 1.43 bits per heavy atom. The number of nitrogens with zero attached hydrogens (tertiary/aromatic N) is 5. The molecule has 16 nitrogen and oxygen atoms in total. The molecule has 0 saturated carbocycles. The minimum atomic E-state index is -4.08. The first-order valence-corrected chi connectivity index (χ1v) is 35.9. The molecule has 0 unspecified atom stereocenters. The van der Waals surface area contributed by atoms with Crippen molar-refractivity contribution in [3.63, 3.8) is 0 Å². The molecule has 3 aliphatic rings. The van der Waals surface area contributed by atoms with Crippen molar-refractivity contribution >= 4 is 96.3 Å². The van der Waals surface area contributed by atoms with Gasteiger partial charge in [0.1, 0.15) is 31.3 Å². The fraction of sp³-hybridized carbons (Fsp3) is 0.268. The first-order valence-electron chi connectivity index (χ1n) is 30.8. The van der Waals surface area contributed by atoms with Crippen LogP contribution in [-0.2, 0) is 51.8 Å². The predicted octanol–water partition coefficient (Wildman–Crippen LogP) is 14.2. The number of aromatic nitrogens is 4. The summed E-state index contributed by atoms with van der Waals surface area (Å²) in [7, 11) is -12.0. The Balaban J connectivity index is 0.000000164. The molecular formula is C71H72Cl2N6O10S3. The van der Waals surface area contributed by atoms with Gasteiger partial charge in [-0.25, -0.2) is 16.8 Å². The van der Waals surface area contributed by atoms with Crippen molar-refractivity contribution in [1.29, 1.82) is 0 Å². The fourth-order valence-corrected chi connectivity index (χ4v) is 15.8. The van der Waals surface area contributed by atoms with Crippen LogP contribution in [0, 0.1) is 6.92 Å². The summed E-state index contributed by atoms with van der Waals surface area (Å²) in [5.41, 5.74) is 4.01. The zero-order valence-corrected chi connectivity index (χ0v) is 55.0. The van der Waals surface area contributed by atoms with Gasteiger partial charge in [-0.15, -0.1) is 0 Å². The summed E-state index contributed by atoms with van der Waals surface area (Å²) in [4.78, 5) is 2.83. The zero-order valence-electron chi connectivity index (χ0n) is 51.0. The zero-order chi connectivity index (χ0) is 64.1. The van der Waals surface area contributed by atoms with Crippen LogP contribution in [0.1, 0.15) is 55.2 Å². The molecule has 0 atom stereocenters. The van der Waals surface area contributed by atoms with Crippen molar-refractivity contribution in [3.8, 4) is 11.5 Å². The molecule has 0 aliphatic carbocycles. The smallest absolute Gasteiger partial charge is 0.297 e. The van der Waals surface area contributed by atoms with Gasteiger partial charge in [0.15, 0.2) is 10.1 Å². The number of benzene rings is 9. The van der Waals surface area contributed by atoms with Gasteiger partial charge in [-0.1, -0.05) is 138 Å². The van der Waals surface area contributed by atoms with E-state index in [1.54, 1.807) is 94.3 Å². The highest BCUT2D eigenvalue weighted by molar-refractivity contribution is 7.92. The Morgan fingerprint density at radius 1 is 0.489 bits per heavy atom. The second kappa shape index (κ2) is 30.4. The number of hydrogen-bond donors (Lipinski definition) is 1. The molecule has 9 aromatic carbocycles. The average molecular weight is 1340 g/mol. The molecule has 3 aliphatic heterocycles. The van der Waals surface area contributed by atoms with Gasteiger partial charge < -0.3 is 19.5 Å². The lowest BCUT2D eigenvalue weighted by atomic mass is 10.1. The molecule has 0 bridgehead atoms. The van der Waals surface area contributed by atoms with Crippen LogP contribution in [0.3, 0.4) is 0 Å². The van der Waals surface area contributed by atoms with E-state index in [0.29, 0.717) is 61.8 Å². The van der Waals surface area contributed by atoms with Gasteiger partial charge in [0.2, 0.25) is 19.7 Å². The molecule has 11 aromatic rings. The summed E-state index contributed by atoms with van der Waals surface area (Å²) in [6.07, 6.45) is 7.79. The maximum atomic E-state index is 14.2. The molecular weight excluding hydrogens is 1260 g/mol. The third-order valence-electron chi connectivity index (χ3n) is 16.0. The van der Waals surface area contributed by atoms with E-state index < -0.39 is 29.8 Å². The summed E-state index contributed by atoms with van der Waals surface area (Å²) in [5, 5.41) is 17.4. The van der Waals surface area contributed by atoms with Crippen molar-refractivity contribution in [1.82, 2.24) is 29.8 Å². The van der Waals surface area contributed by atoms with Crippen LogP contribution in [0.25, 0.3) is 43.4 Å². The fourth-order valence-electron chi connectivity index (χ4n) is 11.3. The third-order valence-corrected chi connectivity index (χ3v) is 21.3. The SMILES string of the molecule is C1CCNC1.C1CCOC1.Cc1ccc(S(=O)(=O)OCCOc2ccc3c(c2)c(S(=O)(=O)c2cccc4ccccc24)nn3Cc2cccc(Cl)c2)cc1.O=S(=O)(c1cccc2ccccc12)c1nn(Cc2cccc(Cl)c2)c2ccc(OCCN3CCCC3)cc12. The lowest BCUT2D eigenvalue weighted by Crippen LogP contribution is -2.25. The third kappa shape index (κ3) is 16.2. The molecule has 3 saturated heterocycles. The molecule has 14 rings (SSSR count). The van der Waals surface area contributed by atoms with Crippen LogP contribution in [0.15, 0.2) is 219 Å². The Bertz CT molecular complexity index is 4670. The van der Waals surface area contributed by atoms with E-state index in [1.165, 1.54) is 63.7 Å². The molecule has 478 valence electrons. The van der Waals surface area contributed by atoms with Crippen molar-refractivity contribution < 1.29 is 43.6 Å². The lowest BCUT2D eigenvalue weighted by molar-refractivity contribution is 0.198. The predicted molar refractivity (Wildman–Crippen MR) is 363 cm³/mol. The molecule has 2 aromatic heterocycles. The Labute approximate surface area is 547 Å². The van der Waals surface area contributed by atoms with E-state index in [1.807, 2.05) is 104 Å². The second-order valence-corrected chi connectivity index (χ2v) is 28.8. The van der Waals surface area contributed by atoms with E-state index >= 15 is 0 Å². The molecule has 92 heavy (non-hydrogen) atoms. The number of likely N-dealkylation sites (tertiary alicyclic amines) is 1. The molecule has 0 spiro atoms. The van der Waals surface area contributed by atoms with E-state index in [9.17, 15) is 25.3 Å². The van der Waals surface area contributed by atoms with Gasteiger partial charge in [0, 0.05) is 51.3 Å². The van der Waals surface area contributed by atoms with Gasteiger partial charge in [-0.3, -0.25) is 18.4 Å². The number of fused-ring (bicyclic) bond motifs is 4. The molecule has 5 heterocycles. The lowest BCUT2D eigenvalue weighted by Gasteiger charge is -2.15. The highest BCUT2D eigenvalue weighted by atomic mass is 35.5. The molecule has 0 radical (unpaired) electrons. The highest BCUT2D eigenvalue weighted by Gasteiger charge is 2.30. The van der Waals surface area contributed by atoms with Gasteiger partial charge >= 0.3 is 0 Å². The second-order valence-electron chi connectivity index (χ2n) is 22.6. The van der Waals surface area contributed by atoms with Crippen LogP contribution in [0.4, 0.5) is 0 Å². The number of hydrogen-bond acceptors (Lipinski definition) is 14. The van der Waals surface area contributed by atoms with Gasteiger partial charge in [-0.2, -0.15) is 18.6 Å². The Hall–Kier alpha value is -7.69. The van der Waals surface area contributed by atoms with Crippen molar-refractivity contribution in [2.24, 2.45) is 0 Å². The van der Waals surface area contributed by atoms with Crippen LogP contribution in [-0.4, -0.2) is 115 Å².